The van der Waals surface area contributed by atoms with Crippen LogP contribution >= 0.6 is 0 Å². The number of hydrogen-bond donors (Lipinski definition) is 1. The third kappa shape index (κ3) is 4.44. The van der Waals surface area contributed by atoms with Crippen molar-refractivity contribution >= 4 is 5.71 Å². The Bertz CT molecular complexity index is 249. The molecule has 4 heteroatoms. The molecular weight excluding hydrogens is 192 g/mol. The molecular formula is C11H20N2O2. The first kappa shape index (κ1) is 12.2. The fourth-order valence-electron chi connectivity index (χ4n) is 1.76. The number of ether oxygens (including phenoxy) is 1. The molecule has 0 fully saturated rings. The monoisotopic (exact) mass is 212 g/mol. The topological polar surface area (TPSA) is 45.1 Å². The quantitative estimate of drug-likeness (QED) is 0.325. The Morgan fingerprint density at radius 1 is 1.67 bits per heavy atom. The second kappa shape index (κ2) is 6.58. The van der Waals surface area contributed by atoms with Crippen LogP contribution in [0.2, 0.25) is 0 Å². The zero-order chi connectivity index (χ0) is 11.1. The van der Waals surface area contributed by atoms with Crippen molar-refractivity contribution in [3.63, 3.8) is 0 Å². The van der Waals surface area contributed by atoms with Crippen molar-refractivity contribution in [3.8, 4) is 0 Å². The second-order valence-corrected chi connectivity index (χ2v) is 3.97. The van der Waals surface area contributed by atoms with Crippen LogP contribution in [0, 0.1) is 0 Å². The van der Waals surface area contributed by atoms with E-state index in [1.54, 1.807) is 7.11 Å². The molecule has 0 aromatic rings. The molecule has 1 aliphatic rings. The molecule has 0 unspecified atom stereocenters. The number of oxime groups is 1. The summed E-state index contributed by atoms with van der Waals surface area (Å²) in [6.45, 7) is 2.71. The minimum absolute atomic E-state index is 0.614. The second-order valence-electron chi connectivity index (χ2n) is 3.97. The minimum atomic E-state index is 0.614. The third-order valence-corrected chi connectivity index (χ3v) is 2.58. The molecule has 1 heterocycles. The molecule has 0 amide bonds. The summed E-state index contributed by atoms with van der Waals surface area (Å²) < 4.78 is 4.96. The molecule has 1 N–H and O–H groups in total. The molecule has 86 valence electrons. The van der Waals surface area contributed by atoms with E-state index >= 15 is 0 Å². The summed E-state index contributed by atoms with van der Waals surface area (Å²) in [4.78, 5) is 2.28. The van der Waals surface area contributed by atoms with Crippen LogP contribution in [-0.2, 0) is 4.74 Å². The fraction of sp³-hybridized carbons (Fsp3) is 0.727. The number of likely N-dealkylation sites (N-methyl/N-ethyl adjacent to an activating group) is 1. The summed E-state index contributed by atoms with van der Waals surface area (Å²) >= 11 is 0. The first-order valence-electron chi connectivity index (χ1n) is 5.31. The van der Waals surface area contributed by atoms with E-state index in [1.165, 1.54) is 5.57 Å². The Kier molecular flexibility index (Phi) is 5.36. The lowest BCUT2D eigenvalue weighted by Crippen LogP contribution is -2.26. The van der Waals surface area contributed by atoms with E-state index in [4.69, 9.17) is 9.94 Å². The van der Waals surface area contributed by atoms with E-state index in [9.17, 15) is 0 Å². The Labute approximate surface area is 91.2 Å². The van der Waals surface area contributed by atoms with E-state index in [0.717, 1.165) is 31.6 Å². The van der Waals surface area contributed by atoms with Crippen molar-refractivity contribution in [2.75, 3.05) is 33.9 Å². The Balaban J connectivity index is 2.41. The zero-order valence-electron chi connectivity index (χ0n) is 9.57. The molecule has 15 heavy (non-hydrogen) atoms. The van der Waals surface area contributed by atoms with Gasteiger partial charge in [0.15, 0.2) is 0 Å². The van der Waals surface area contributed by atoms with Crippen LogP contribution in [0.3, 0.4) is 0 Å². The lowest BCUT2D eigenvalue weighted by Gasteiger charge is -2.23. The van der Waals surface area contributed by atoms with Gasteiger partial charge in [-0.25, -0.2) is 0 Å². The smallest absolute Gasteiger partial charge is 0.0634 e. The van der Waals surface area contributed by atoms with Crippen LogP contribution in [0.5, 0.6) is 0 Å². The summed E-state index contributed by atoms with van der Waals surface area (Å²) in [5, 5.41) is 12.2. The van der Waals surface area contributed by atoms with Gasteiger partial charge >= 0.3 is 0 Å². The zero-order valence-corrected chi connectivity index (χ0v) is 9.57. The van der Waals surface area contributed by atoms with Gasteiger partial charge < -0.3 is 14.8 Å². The molecule has 0 radical (unpaired) electrons. The van der Waals surface area contributed by atoms with Gasteiger partial charge in [-0.3, -0.25) is 0 Å². The number of methoxy groups -OCH3 is 1. The molecule has 1 rings (SSSR count). The van der Waals surface area contributed by atoms with Crippen LogP contribution in [0.1, 0.15) is 19.3 Å². The van der Waals surface area contributed by atoms with Crippen LogP contribution < -0.4 is 0 Å². The number of nitrogens with zero attached hydrogens (tertiary/aromatic N) is 2. The summed E-state index contributed by atoms with van der Waals surface area (Å²) in [7, 11) is 3.76. The van der Waals surface area contributed by atoms with Gasteiger partial charge in [0.1, 0.15) is 0 Å². The van der Waals surface area contributed by atoms with Crippen molar-refractivity contribution in [1.29, 1.82) is 0 Å². The predicted octanol–water partition coefficient (Wildman–Crippen LogP) is 1.51. The Hall–Kier alpha value is -0.870. The van der Waals surface area contributed by atoms with Gasteiger partial charge in [-0.05, 0) is 13.5 Å². The van der Waals surface area contributed by atoms with E-state index in [-0.39, 0.29) is 0 Å². The average Bonchev–Trinajstić information content (AvgIpc) is 2.24. The highest BCUT2D eigenvalue weighted by Crippen LogP contribution is 2.13. The van der Waals surface area contributed by atoms with Gasteiger partial charge in [0.2, 0.25) is 0 Å². The average molecular weight is 212 g/mol. The first-order chi connectivity index (χ1) is 7.26. The molecule has 0 saturated carbocycles. The molecule has 0 aromatic carbocycles. The Morgan fingerprint density at radius 2 is 2.47 bits per heavy atom. The van der Waals surface area contributed by atoms with Crippen LogP contribution in [0.15, 0.2) is 16.8 Å². The standard InChI is InChI=1S/C11H20N2O2/c1-13-6-3-4-10(9-13)8-11(12-14)5-7-15-2/h4,14H,3,5-9H2,1-2H3. The van der Waals surface area contributed by atoms with E-state index < -0.39 is 0 Å². The third-order valence-electron chi connectivity index (χ3n) is 2.58. The van der Waals surface area contributed by atoms with Gasteiger partial charge in [-0.2, -0.15) is 0 Å². The van der Waals surface area contributed by atoms with Crippen LogP contribution in [0.4, 0.5) is 0 Å². The van der Waals surface area contributed by atoms with Gasteiger partial charge in [0.25, 0.3) is 0 Å². The molecule has 0 atom stereocenters. The van der Waals surface area contributed by atoms with Gasteiger partial charge in [-0.15, -0.1) is 0 Å². The molecule has 0 aliphatic carbocycles. The van der Waals surface area contributed by atoms with Crippen molar-refractivity contribution in [1.82, 2.24) is 4.90 Å². The lowest BCUT2D eigenvalue weighted by atomic mass is 10.0. The summed E-state index contributed by atoms with van der Waals surface area (Å²) in [6, 6.07) is 0. The lowest BCUT2D eigenvalue weighted by molar-refractivity contribution is 0.205. The summed E-state index contributed by atoms with van der Waals surface area (Å²) in [5.41, 5.74) is 2.14. The molecule has 0 spiro atoms. The molecule has 4 nitrogen and oxygen atoms in total. The maximum atomic E-state index is 8.84. The molecule has 0 saturated heterocycles. The van der Waals surface area contributed by atoms with Crippen LogP contribution in [0.25, 0.3) is 0 Å². The summed E-state index contributed by atoms with van der Waals surface area (Å²) in [5.74, 6) is 0. The van der Waals surface area contributed by atoms with Crippen molar-refractivity contribution < 1.29 is 9.94 Å². The SMILES string of the molecule is COCCC(CC1=CCCN(C)C1)=NO. The van der Waals surface area contributed by atoms with E-state index in [2.05, 4.69) is 23.2 Å². The van der Waals surface area contributed by atoms with Crippen molar-refractivity contribution in [2.24, 2.45) is 5.16 Å². The summed E-state index contributed by atoms with van der Waals surface area (Å²) in [6.07, 6.45) is 4.81. The highest BCUT2D eigenvalue weighted by atomic mass is 16.5. The first-order valence-corrected chi connectivity index (χ1v) is 5.31. The fourth-order valence-corrected chi connectivity index (χ4v) is 1.76. The van der Waals surface area contributed by atoms with Crippen molar-refractivity contribution in [3.05, 3.63) is 11.6 Å². The largest absolute Gasteiger partial charge is 0.411 e. The Morgan fingerprint density at radius 3 is 3.07 bits per heavy atom. The number of rotatable bonds is 5. The molecule has 1 aliphatic heterocycles. The molecule has 0 aromatic heterocycles. The van der Waals surface area contributed by atoms with E-state index in [0.29, 0.717) is 13.0 Å². The van der Waals surface area contributed by atoms with Gasteiger partial charge in [-0.1, -0.05) is 16.8 Å². The van der Waals surface area contributed by atoms with Crippen LogP contribution in [-0.4, -0.2) is 49.7 Å². The maximum Gasteiger partial charge on any atom is 0.0634 e. The van der Waals surface area contributed by atoms with Gasteiger partial charge in [0, 0.05) is 33.0 Å². The highest BCUT2D eigenvalue weighted by Gasteiger charge is 2.11. The van der Waals surface area contributed by atoms with Crippen molar-refractivity contribution in [2.45, 2.75) is 19.3 Å². The maximum absolute atomic E-state index is 8.84. The minimum Gasteiger partial charge on any atom is -0.411 e. The highest BCUT2D eigenvalue weighted by molar-refractivity contribution is 5.86. The number of hydrogen-bond acceptors (Lipinski definition) is 4. The predicted molar refractivity (Wildman–Crippen MR) is 60.5 cm³/mol. The normalized spacial score (nSPS) is 19.1. The van der Waals surface area contributed by atoms with E-state index in [1.807, 2.05) is 0 Å². The van der Waals surface area contributed by atoms with Gasteiger partial charge in [0.05, 0.1) is 12.3 Å². The molecule has 0 bridgehead atoms.